The van der Waals surface area contributed by atoms with E-state index in [9.17, 15) is 0 Å². The van der Waals surface area contributed by atoms with Crippen LogP contribution < -0.4 is 0 Å². The average molecular weight is 281 g/mol. The molecule has 1 fully saturated rings. The molecule has 1 aliphatic heterocycles. The van der Waals surface area contributed by atoms with E-state index in [1.807, 2.05) is 0 Å². The van der Waals surface area contributed by atoms with Crippen LogP contribution in [0, 0.1) is 5.92 Å². The van der Waals surface area contributed by atoms with Crippen molar-refractivity contribution in [3.8, 4) is 0 Å². The number of nitrogens with zero attached hydrogens (tertiary/aromatic N) is 1. The molecule has 1 rings (SSSR count). The molecule has 1 heterocycles. The van der Waals surface area contributed by atoms with E-state index in [0.29, 0.717) is 0 Å². The number of halogens is 1. The van der Waals surface area contributed by atoms with Crippen molar-refractivity contribution >= 4 is 22.6 Å². The van der Waals surface area contributed by atoms with Gasteiger partial charge in [-0.2, -0.15) is 0 Å². The lowest BCUT2D eigenvalue weighted by Gasteiger charge is -2.14. The molecule has 0 amide bonds. The van der Waals surface area contributed by atoms with Gasteiger partial charge in [-0.3, -0.25) is 0 Å². The highest BCUT2D eigenvalue weighted by Crippen LogP contribution is 2.20. The van der Waals surface area contributed by atoms with Crippen LogP contribution in [0.5, 0.6) is 0 Å². The maximum atomic E-state index is 2.64. The van der Waals surface area contributed by atoms with Gasteiger partial charge < -0.3 is 4.90 Å². The van der Waals surface area contributed by atoms with E-state index in [1.165, 1.54) is 49.7 Å². The summed E-state index contributed by atoms with van der Waals surface area (Å²) in [7, 11) is 0. The highest BCUT2D eigenvalue weighted by atomic mass is 127. The molecule has 1 nitrogen and oxygen atoms in total. The molecule has 2 heteroatoms. The van der Waals surface area contributed by atoms with E-state index in [0.717, 1.165) is 5.92 Å². The number of hydrogen-bond donors (Lipinski definition) is 0. The van der Waals surface area contributed by atoms with Crippen molar-refractivity contribution in [2.45, 2.75) is 32.6 Å². The van der Waals surface area contributed by atoms with Gasteiger partial charge in [-0.15, -0.1) is 0 Å². The van der Waals surface area contributed by atoms with Gasteiger partial charge >= 0.3 is 0 Å². The average Bonchev–Trinajstić information content (AvgIpc) is 2.50. The van der Waals surface area contributed by atoms with Crippen LogP contribution in [0.4, 0.5) is 0 Å². The molecule has 0 unspecified atom stereocenters. The molecule has 1 saturated heterocycles. The molecule has 72 valence electrons. The minimum absolute atomic E-state index is 1.02. The summed E-state index contributed by atoms with van der Waals surface area (Å²) in [5.74, 6) is 1.02. The van der Waals surface area contributed by atoms with Crippen LogP contribution in [0.25, 0.3) is 0 Å². The molecule has 0 bridgehead atoms. The smallest absolute Gasteiger partial charge is 0.00101 e. The highest BCUT2D eigenvalue weighted by molar-refractivity contribution is 14.1. The van der Waals surface area contributed by atoms with Crippen LogP contribution in [0.1, 0.15) is 32.6 Å². The van der Waals surface area contributed by atoms with Crippen LogP contribution in [0.2, 0.25) is 0 Å². The first-order valence-corrected chi connectivity index (χ1v) is 6.67. The second-order valence-electron chi connectivity index (χ2n) is 3.79. The van der Waals surface area contributed by atoms with Crippen molar-refractivity contribution < 1.29 is 0 Å². The SMILES string of the molecule is CCC[C@@H]1CCN(CCCI)C1. The minimum atomic E-state index is 1.02. The lowest BCUT2D eigenvalue weighted by molar-refractivity contribution is 0.322. The van der Waals surface area contributed by atoms with Crippen molar-refractivity contribution in [2.24, 2.45) is 5.92 Å². The molecule has 12 heavy (non-hydrogen) atoms. The zero-order valence-corrected chi connectivity index (χ0v) is 10.2. The van der Waals surface area contributed by atoms with Gasteiger partial charge in [0.15, 0.2) is 0 Å². The molecule has 0 saturated carbocycles. The fraction of sp³-hybridized carbons (Fsp3) is 1.00. The van der Waals surface area contributed by atoms with E-state index in [-0.39, 0.29) is 0 Å². The maximum absolute atomic E-state index is 2.64. The first-order valence-electron chi connectivity index (χ1n) is 5.15. The Morgan fingerprint density at radius 1 is 1.50 bits per heavy atom. The molecule has 1 atom stereocenters. The molecule has 0 aromatic carbocycles. The molecular formula is C10H20IN. The van der Waals surface area contributed by atoms with Crippen LogP contribution in [0.3, 0.4) is 0 Å². The van der Waals surface area contributed by atoms with Crippen LogP contribution in [0.15, 0.2) is 0 Å². The predicted molar refractivity (Wildman–Crippen MR) is 63.0 cm³/mol. The van der Waals surface area contributed by atoms with Gasteiger partial charge in [0.05, 0.1) is 0 Å². The standard InChI is InChI=1S/C10H20IN/c1-2-4-10-5-8-12(9-10)7-3-6-11/h10H,2-9H2,1H3/t10-/m1/s1. The summed E-state index contributed by atoms with van der Waals surface area (Å²) in [6.07, 6.45) is 5.64. The van der Waals surface area contributed by atoms with Crippen molar-refractivity contribution in [2.75, 3.05) is 24.1 Å². The van der Waals surface area contributed by atoms with Crippen LogP contribution in [-0.2, 0) is 0 Å². The molecular weight excluding hydrogens is 261 g/mol. The minimum Gasteiger partial charge on any atom is -0.303 e. The molecule has 0 N–H and O–H groups in total. The lowest BCUT2D eigenvalue weighted by atomic mass is 10.0. The van der Waals surface area contributed by atoms with Crippen molar-refractivity contribution in [1.29, 1.82) is 0 Å². The van der Waals surface area contributed by atoms with E-state index in [1.54, 1.807) is 0 Å². The predicted octanol–water partition coefficient (Wildman–Crippen LogP) is 2.93. The van der Waals surface area contributed by atoms with Gasteiger partial charge in [0.1, 0.15) is 0 Å². The van der Waals surface area contributed by atoms with Crippen molar-refractivity contribution in [3.63, 3.8) is 0 Å². The first-order chi connectivity index (χ1) is 5.86. The highest BCUT2D eigenvalue weighted by Gasteiger charge is 2.20. The summed E-state index contributed by atoms with van der Waals surface area (Å²) in [6.45, 7) is 6.38. The van der Waals surface area contributed by atoms with Gasteiger partial charge in [-0.1, -0.05) is 35.9 Å². The summed E-state index contributed by atoms with van der Waals surface area (Å²) in [5, 5.41) is 0. The van der Waals surface area contributed by atoms with Gasteiger partial charge in [-0.25, -0.2) is 0 Å². The molecule has 0 radical (unpaired) electrons. The second kappa shape index (κ2) is 6.19. The molecule has 1 aliphatic rings. The Morgan fingerprint density at radius 3 is 3.00 bits per heavy atom. The Kier molecular flexibility index (Phi) is 5.56. The summed E-state index contributed by atoms with van der Waals surface area (Å²) in [6, 6.07) is 0. The largest absolute Gasteiger partial charge is 0.303 e. The Morgan fingerprint density at radius 2 is 2.33 bits per heavy atom. The normalized spacial score (nSPS) is 25.0. The topological polar surface area (TPSA) is 3.24 Å². The Hall–Kier alpha value is 0.690. The molecule has 0 aromatic heterocycles. The fourth-order valence-corrected chi connectivity index (χ4v) is 2.38. The molecule has 0 aromatic rings. The van der Waals surface area contributed by atoms with Crippen LogP contribution in [-0.4, -0.2) is 29.0 Å². The van der Waals surface area contributed by atoms with E-state index in [2.05, 4.69) is 34.4 Å². The van der Waals surface area contributed by atoms with Gasteiger partial charge in [-0.05, 0) is 38.3 Å². The van der Waals surface area contributed by atoms with Gasteiger partial charge in [0.2, 0.25) is 0 Å². The zero-order chi connectivity index (χ0) is 8.81. The number of rotatable bonds is 5. The zero-order valence-electron chi connectivity index (χ0n) is 8.06. The third-order valence-electron chi connectivity index (χ3n) is 2.67. The van der Waals surface area contributed by atoms with Gasteiger partial charge in [0.25, 0.3) is 0 Å². The first kappa shape index (κ1) is 10.8. The Bertz CT molecular complexity index is 116. The van der Waals surface area contributed by atoms with Crippen molar-refractivity contribution in [1.82, 2.24) is 4.90 Å². The third kappa shape index (κ3) is 3.60. The van der Waals surface area contributed by atoms with E-state index >= 15 is 0 Å². The fourth-order valence-electron chi connectivity index (χ4n) is 2.04. The monoisotopic (exact) mass is 281 g/mol. The number of alkyl halides is 1. The second-order valence-corrected chi connectivity index (χ2v) is 4.87. The molecule has 0 aliphatic carbocycles. The molecule has 0 spiro atoms. The summed E-state index contributed by atoms with van der Waals surface area (Å²) < 4.78 is 1.31. The lowest BCUT2D eigenvalue weighted by Crippen LogP contribution is -2.22. The van der Waals surface area contributed by atoms with E-state index < -0.39 is 0 Å². The van der Waals surface area contributed by atoms with Crippen molar-refractivity contribution in [3.05, 3.63) is 0 Å². The number of likely N-dealkylation sites (tertiary alicyclic amines) is 1. The summed E-state index contributed by atoms with van der Waals surface area (Å²) in [4.78, 5) is 2.64. The quantitative estimate of drug-likeness (QED) is 0.553. The van der Waals surface area contributed by atoms with Gasteiger partial charge in [0, 0.05) is 11.0 Å². The summed E-state index contributed by atoms with van der Waals surface area (Å²) in [5.41, 5.74) is 0. The van der Waals surface area contributed by atoms with E-state index in [4.69, 9.17) is 0 Å². The Labute approximate surface area is 90.0 Å². The van der Waals surface area contributed by atoms with Crippen LogP contribution >= 0.6 is 22.6 Å². The Balaban J connectivity index is 2.08. The summed E-state index contributed by atoms with van der Waals surface area (Å²) >= 11 is 2.47. The number of hydrogen-bond acceptors (Lipinski definition) is 1. The maximum Gasteiger partial charge on any atom is 0.00101 e. The third-order valence-corrected chi connectivity index (χ3v) is 3.44.